The summed E-state index contributed by atoms with van der Waals surface area (Å²) in [5.41, 5.74) is 1.41. The minimum atomic E-state index is -0.688. The molecule has 1 fully saturated rings. The molecule has 0 bridgehead atoms. The number of ether oxygens (including phenoxy) is 2. The molecule has 0 aromatic heterocycles. The Hall–Kier alpha value is -2.81. The number of thioether (sulfide) groups is 1. The molecule has 9 heteroatoms. The summed E-state index contributed by atoms with van der Waals surface area (Å²) in [6.45, 7) is 6.47. The van der Waals surface area contributed by atoms with Gasteiger partial charge in [0.25, 0.3) is 5.91 Å². The molecule has 2 aliphatic heterocycles. The average molecular weight is 461 g/mol. The van der Waals surface area contributed by atoms with Crippen molar-refractivity contribution in [2.24, 2.45) is 5.41 Å². The van der Waals surface area contributed by atoms with Crippen LogP contribution in [-0.4, -0.2) is 59.0 Å². The summed E-state index contributed by atoms with van der Waals surface area (Å²) in [4.78, 5) is 50.5. The molecule has 172 valence electrons. The molecule has 0 unspecified atom stereocenters. The van der Waals surface area contributed by atoms with Gasteiger partial charge < -0.3 is 14.8 Å². The van der Waals surface area contributed by atoms with Crippen LogP contribution in [0.2, 0.25) is 0 Å². The fraction of sp³-hybridized carbons (Fsp3) is 0.478. The molecule has 8 nitrogen and oxygen atoms in total. The second-order valence-corrected chi connectivity index (χ2v) is 9.88. The number of amides is 2. The first kappa shape index (κ1) is 23.8. The molecular weight excluding hydrogens is 432 g/mol. The van der Waals surface area contributed by atoms with Gasteiger partial charge in [-0.25, -0.2) is 0 Å². The lowest BCUT2D eigenvalue weighted by Crippen LogP contribution is -2.70. The number of esters is 2. The first-order chi connectivity index (χ1) is 15.1. The zero-order valence-corrected chi connectivity index (χ0v) is 19.5. The van der Waals surface area contributed by atoms with Crippen molar-refractivity contribution in [3.05, 3.63) is 47.2 Å². The van der Waals surface area contributed by atoms with Crippen LogP contribution in [-0.2, 0) is 35.1 Å². The van der Waals surface area contributed by atoms with Crippen molar-refractivity contribution in [2.45, 2.75) is 45.5 Å². The lowest BCUT2D eigenvalue weighted by atomic mass is 9.97. The number of fused-ring (bicyclic) bond motifs is 1. The van der Waals surface area contributed by atoms with Crippen LogP contribution >= 0.6 is 11.8 Å². The van der Waals surface area contributed by atoms with Crippen molar-refractivity contribution in [1.29, 1.82) is 0 Å². The molecule has 2 atom stereocenters. The SMILES string of the molecule is CC(=O)OCC1=C(COC(=O)C(C)(C)C)N2C(=O)[C@@H](NC(=O)Cc3ccccc3)[C@H]2SC1. The van der Waals surface area contributed by atoms with Crippen LogP contribution in [0.5, 0.6) is 0 Å². The van der Waals surface area contributed by atoms with Crippen LogP contribution in [0, 0.1) is 5.41 Å². The van der Waals surface area contributed by atoms with Crippen molar-refractivity contribution in [2.75, 3.05) is 19.0 Å². The minimum Gasteiger partial charge on any atom is -0.461 e. The molecular formula is C23H28N2O6S. The zero-order chi connectivity index (χ0) is 23.5. The van der Waals surface area contributed by atoms with Crippen LogP contribution in [0.15, 0.2) is 41.6 Å². The predicted molar refractivity (Wildman–Crippen MR) is 119 cm³/mol. The first-order valence-electron chi connectivity index (χ1n) is 10.4. The number of hydrogen-bond donors (Lipinski definition) is 1. The van der Waals surface area contributed by atoms with Crippen LogP contribution < -0.4 is 5.32 Å². The number of carbonyl (C=O) groups is 4. The highest BCUT2D eigenvalue weighted by atomic mass is 32.2. The fourth-order valence-electron chi connectivity index (χ4n) is 3.34. The van der Waals surface area contributed by atoms with Crippen molar-refractivity contribution in [1.82, 2.24) is 10.2 Å². The Morgan fingerprint density at radius 2 is 1.81 bits per heavy atom. The Kier molecular flexibility index (Phi) is 7.28. The van der Waals surface area contributed by atoms with E-state index in [-0.39, 0.29) is 36.8 Å². The van der Waals surface area contributed by atoms with Gasteiger partial charge >= 0.3 is 11.9 Å². The summed E-state index contributed by atoms with van der Waals surface area (Å²) in [5, 5.41) is 2.52. The average Bonchev–Trinajstić information content (AvgIpc) is 2.73. The number of rotatable bonds is 7. The molecule has 1 saturated heterocycles. The van der Waals surface area contributed by atoms with Crippen molar-refractivity contribution < 1.29 is 28.7 Å². The highest BCUT2D eigenvalue weighted by Gasteiger charge is 2.52. The summed E-state index contributed by atoms with van der Waals surface area (Å²) in [6.07, 6.45) is 0.186. The Labute approximate surface area is 191 Å². The molecule has 1 aromatic carbocycles. The van der Waals surface area contributed by atoms with Gasteiger partial charge in [0, 0.05) is 18.2 Å². The number of benzene rings is 1. The maximum atomic E-state index is 12.9. The molecule has 2 heterocycles. The molecule has 2 amide bonds. The van der Waals surface area contributed by atoms with Gasteiger partial charge in [0.15, 0.2) is 0 Å². The van der Waals surface area contributed by atoms with Crippen molar-refractivity contribution >= 4 is 35.5 Å². The van der Waals surface area contributed by atoms with Gasteiger partial charge in [-0.2, -0.15) is 0 Å². The first-order valence-corrected chi connectivity index (χ1v) is 11.4. The maximum Gasteiger partial charge on any atom is 0.311 e. The molecule has 0 radical (unpaired) electrons. The molecule has 1 N–H and O–H groups in total. The summed E-state index contributed by atoms with van der Waals surface area (Å²) in [5.74, 6) is -0.838. The lowest BCUT2D eigenvalue weighted by molar-refractivity contribution is -0.155. The molecule has 2 aliphatic rings. The van der Waals surface area contributed by atoms with E-state index in [0.717, 1.165) is 5.56 Å². The smallest absolute Gasteiger partial charge is 0.311 e. The highest BCUT2D eigenvalue weighted by Crippen LogP contribution is 2.40. The van der Waals surface area contributed by atoms with E-state index < -0.39 is 23.4 Å². The third kappa shape index (κ3) is 5.51. The monoisotopic (exact) mass is 460 g/mol. The van der Waals surface area contributed by atoms with Gasteiger partial charge in [0.05, 0.1) is 17.5 Å². The second-order valence-electron chi connectivity index (χ2n) is 8.77. The van der Waals surface area contributed by atoms with E-state index >= 15 is 0 Å². The highest BCUT2D eigenvalue weighted by molar-refractivity contribution is 8.00. The van der Waals surface area contributed by atoms with Crippen LogP contribution in [0.3, 0.4) is 0 Å². The van der Waals surface area contributed by atoms with E-state index in [2.05, 4.69) is 5.32 Å². The molecule has 1 aromatic rings. The van der Waals surface area contributed by atoms with E-state index in [1.807, 2.05) is 30.3 Å². The quantitative estimate of drug-likeness (QED) is 0.491. The topological polar surface area (TPSA) is 102 Å². The Bertz CT molecular complexity index is 938. The lowest BCUT2D eigenvalue weighted by Gasteiger charge is -2.50. The summed E-state index contributed by atoms with van der Waals surface area (Å²) < 4.78 is 10.6. The number of β-lactam (4-membered cyclic amide) rings is 1. The van der Waals surface area contributed by atoms with Gasteiger partial charge in [0.1, 0.15) is 24.6 Å². The standard InChI is InChI=1S/C23H28N2O6S/c1-14(26)30-11-16-13-32-21-19(24-18(27)10-15-8-6-5-7-9-15)20(28)25(21)17(16)12-31-22(29)23(2,3)4/h5-9,19,21H,10-13H2,1-4H3,(H,24,27)/t19-,21-/m1/s1. The third-order valence-corrected chi connectivity index (χ3v) is 6.44. The number of carbonyl (C=O) groups excluding carboxylic acids is 4. The van der Waals surface area contributed by atoms with E-state index in [1.165, 1.54) is 23.6 Å². The minimum absolute atomic E-state index is 0.0201. The van der Waals surface area contributed by atoms with Gasteiger partial charge in [-0.3, -0.25) is 24.1 Å². The van der Waals surface area contributed by atoms with E-state index in [9.17, 15) is 19.2 Å². The van der Waals surface area contributed by atoms with Crippen molar-refractivity contribution in [3.8, 4) is 0 Å². The van der Waals surface area contributed by atoms with E-state index in [0.29, 0.717) is 17.0 Å². The van der Waals surface area contributed by atoms with E-state index in [4.69, 9.17) is 9.47 Å². The van der Waals surface area contributed by atoms with Crippen LogP contribution in [0.25, 0.3) is 0 Å². The summed E-state index contributed by atoms with van der Waals surface area (Å²) in [6, 6.07) is 8.65. The number of nitrogens with zero attached hydrogens (tertiary/aromatic N) is 1. The Morgan fingerprint density at radius 1 is 1.12 bits per heavy atom. The molecule has 3 rings (SSSR count). The molecule has 0 aliphatic carbocycles. The van der Waals surface area contributed by atoms with Gasteiger partial charge in [-0.15, -0.1) is 11.8 Å². The van der Waals surface area contributed by atoms with Crippen LogP contribution in [0.1, 0.15) is 33.3 Å². The third-order valence-electron chi connectivity index (χ3n) is 5.10. The fourth-order valence-corrected chi connectivity index (χ4v) is 4.71. The molecule has 0 saturated carbocycles. The second kappa shape index (κ2) is 9.77. The van der Waals surface area contributed by atoms with Gasteiger partial charge in [-0.05, 0) is 26.3 Å². The van der Waals surface area contributed by atoms with Gasteiger partial charge in [0.2, 0.25) is 5.91 Å². The van der Waals surface area contributed by atoms with Crippen molar-refractivity contribution in [3.63, 3.8) is 0 Å². The molecule has 0 spiro atoms. The zero-order valence-electron chi connectivity index (χ0n) is 18.7. The normalized spacial score (nSPS) is 20.2. The number of nitrogens with one attached hydrogen (secondary N) is 1. The Morgan fingerprint density at radius 3 is 2.44 bits per heavy atom. The Balaban J connectivity index is 1.70. The number of hydrogen-bond acceptors (Lipinski definition) is 7. The summed E-state index contributed by atoms with van der Waals surface area (Å²) >= 11 is 1.48. The largest absolute Gasteiger partial charge is 0.461 e. The van der Waals surface area contributed by atoms with E-state index in [1.54, 1.807) is 20.8 Å². The van der Waals surface area contributed by atoms with Crippen LogP contribution in [0.4, 0.5) is 0 Å². The molecule has 32 heavy (non-hydrogen) atoms. The van der Waals surface area contributed by atoms with Gasteiger partial charge in [-0.1, -0.05) is 30.3 Å². The predicted octanol–water partition coefficient (Wildman–Crippen LogP) is 2.04. The summed E-state index contributed by atoms with van der Waals surface area (Å²) in [7, 11) is 0. The maximum absolute atomic E-state index is 12.9.